The number of hydrogen-bond donors (Lipinski definition) is 0. The monoisotopic (exact) mass is 302 g/mol. The Balaban J connectivity index is 2.02. The van der Waals surface area contributed by atoms with E-state index in [1.165, 1.54) is 48.3 Å². The summed E-state index contributed by atoms with van der Waals surface area (Å²) in [5.74, 6) is 0.0496. The normalized spacial score (nSPS) is 17.5. The maximum Gasteiger partial charge on any atom is 0.297 e. The fourth-order valence-electron chi connectivity index (χ4n) is 2.61. The molecule has 0 amide bonds. The van der Waals surface area contributed by atoms with Crippen LogP contribution < -0.4 is 0 Å². The van der Waals surface area contributed by atoms with Crippen LogP contribution in [0.25, 0.3) is 10.2 Å². The Kier molecular flexibility index (Phi) is 3.67. The minimum atomic E-state index is -2.68. The highest BCUT2D eigenvalue weighted by Crippen LogP contribution is 2.40. The summed E-state index contributed by atoms with van der Waals surface area (Å²) in [5, 5.41) is 0.843. The van der Waals surface area contributed by atoms with Crippen molar-refractivity contribution in [1.82, 2.24) is 9.97 Å². The average molecular weight is 303 g/mol. The first-order valence-electron chi connectivity index (χ1n) is 6.40. The van der Waals surface area contributed by atoms with Crippen molar-refractivity contribution in [2.24, 2.45) is 0 Å². The molecule has 19 heavy (non-hydrogen) atoms. The van der Waals surface area contributed by atoms with Gasteiger partial charge in [-0.2, -0.15) is 0 Å². The van der Waals surface area contributed by atoms with E-state index in [-0.39, 0.29) is 5.15 Å². The molecule has 2 nitrogen and oxygen atoms in total. The fourth-order valence-corrected chi connectivity index (χ4v) is 4.10. The largest absolute Gasteiger partial charge is 0.297 e. The molecule has 0 unspecified atom stereocenters. The van der Waals surface area contributed by atoms with E-state index < -0.39 is 12.2 Å². The van der Waals surface area contributed by atoms with Gasteiger partial charge in [-0.15, -0.1) is 11.3 Å². The quantitative estimate of drug-likeness (QED) is 0.701. The Morgan fingerprint density at radius 1 is 1.21 bits per heavy atom. The highest BCUT2D eigenvalue weighted by atomic mass is 35.5. The summed E-state index contributed by atoms with van der Waals surface area (Å²) in [4.78, 5) is 9.38. The van der Waals surface area contributed by atoms with E-state index >= 15 is 0 Å². The number of thiophene rings is 1. The molecule has 2 heterocycles. The molecule has 2 aromatic rings. The SMILES string of the molecule is FC(F)c1nc(Cl)c2cc(C3CCCCC3)sc2n1. The van der Waals surface area contributed by atoms with E-state index in [0.717, 1.165) is 0 Å². The molecule has 0 radical (unpaired) electrons. The molecule has 1 aliphatic rings. The van der Waals surface area contributed by atoms with Gasteiger partial charge in [0.1, 0.15) is 9.98 Å². The van der Waals surface area contributed by atoms with E-state index in [4.69, 9.17) is 11.6 Å². The lowest BCUT2D eigenvalue weighted by Gasteiger charge is -2.19. The van der Waals surface area contributed by atoms with Crippen LogP contribution >= 0.6 is 22.9 Å². The maximum absolute atomic E-state index is 12.7. The molecule has 1 aliphatic carbocycles. The highest BCUT2D eigenvalue weighted by Gasteiger charge is 2.21. The molecule has 3 rings (SSSR count). The average Bonchev–Trinajstić information content (AvgIpc) is 2.84. The Hall–Kier alpha value is -0.810. The second kappa shape index (κ2) is 5.29. The zero-order valence-corrected chi connectivity index (χ0v) is 11.8. The Labute approximate surface area is 118 Å². The maximum atomic E-state index is 12.7. The van der Waals surface area contributed by atoms with Gasteiger partial charge in [-0.1, -0.05) is 30.9 Å². The Morgan fingerprint density at radius 2 is 1.95 bits per heavy atom. The van der Waals surface area contributed by atoms with Crippen molar-refractivity contribution in [3.8, 4) is 0 Å². The van der Waals surface area contributed by atoms with E-state index in [0.29, 0.717) is 16.1 Å². The summed E-state index contributed by atoms with van der Waals surface area (Å²) in [7, 11) is 0. The van der Waals surface area contributed by atoms with Crippen LogP contribution in [-0.4, -0.2) is 9.97 Å². The first-order valence-corrected chi connectivity index (χ1v) is 7.59. The lowest BCUT2D eigenvalue weighted by molar-refractivity contribution is 0.141. The Bertz CT molecular complexity index is 594. The standard InChI is InChI=1S/C13H13ClF2N2S/c14-10-8-6-9(7-4-2-1-3-5-7)19-13(8)18-12(17-10)11(15)16/h6-7,11H,1-5H2. The van der Waals surface area contributed by atoms with Crippen LogP contribution in [0.2, 0.25) is 5.15 Å². The van der Waals surface area contributed by atoms with Gasteiger partial charge in [0.2, 0.25) is 0 Å². The molecule has 2 aromatic heterocycles. The van der Waals surface area contributed by atoms with Crippen LogP contribution in [0.15, 0.2) is 6.07 Å². The minimum absolute atomic E-state index is 0.138. The molecule has 6 heteroatoms. The van der Waals surface area contributed by atoms with Crippen molar-refractivity contribution >= 4 is 33.2 Å². The zero-order chi connectivity index (χ0) is 13.4. The van der Waals surface area contributed by atoms with Crippen molar-refractivity contribution in [3.63, 3.8) is 0 Å². The lowest BCUT2D eigenvalue weighted by Crippen LogP contribution is -2.02. The van der Waals surface area contributed by atoms with Gasteiger partial charge in [-0.25, -0.2) is 18.7 Å². The van der Waals surface area contributed by atoms with Crippen LogP contribution in [-0.2, 0) is 0 Å². The molecule has 0 atom stereocenters. The van der Waals surface area contributed by atoms with E-state index in [1.807, 2.05) is 6.07 Å². The second-order valence-corrected chi connectivity index (χ2v) is 6.30. The van der Waals surface area contributed by atoms with Gasteiger partial charge >= 0.3 is 0 Å². The van der Waals surface area contributed by atoms with Crippen molar-refractivity contribution in [1.29, 1.82) is 0 Å². The van der Waals surface area contributed by atoms with Gasteiger partial charge in [-0.3, -0.25) is 0 Å². The lowest BCUT2D eigenvalue weighted by atomic mass is 9.88. The number of alkyl halides is 2. The third kappa shape index (κ3) is 2.58. The molecule has 1 saturated carbocycles. The first-order chi connectivity index (χ1) is 9.15. The van der Waals surface area contributed by atoms with Crippen molar-refractivity contribution in [2.75, 3.05) is 0 Å². The van der Waals surface area contributed by atoms with Gasteiger partial charge < -0.3 is 0 Å². The molecule has 0 saturated heterocycles. The smallest absolute Gasteiger partial charge is 0.216 e. The summed E-state index contributed by atoms with van der Waals surface area (Å²) in [5.41, 5.74) is 0. The van der Waals surface area contributed by atoms with Gasteiger partial charge in [0.25, 0.3) is 6.43 Å². The molecule has 102 valence electrons. The predicted molar refractivity (Wildman–Crippen MR) is 73.2 cm³/mol. The van der Waals surface area contributed by atoms with Gasteiger partial charge in [0, 0.05) is 10.3 Å². The van der Waals surface area contributed by atoms with E-state index in [1.54, 1.807) is 0 Å². The number of fused-ring (bicyclic) bond motifs is 1. The predicted octanol–water partition coefficient (Wildman–Crippen LogP) is 5.33. The number of hydrogen-bond acceptors (Lipinski definition) is 3. The highest BCUT2D eigenvalue weighted by molar-refractivity contribution is 7.18. The third-order valence-electron chi connectivity index (χ3n) is 3.59. The topological polar surface area (TPSA) is 25.8 Å². The molecule has 1 fully saturated rings. The number of aromatic nitrogens is 2. The number of nitrogens with zero attached hydrogens (tertiary/aromatic N) is 2. The molecular formula is C13H13ClF2N2S. The summed E-state index contributed by atoms with van der Waals surface area (Å²) < 4.78 is 25.3. The minimum Gasteiger partial charge on any atom is -0.216 e. The van der Waals surface area contributed by atoms with Crippen molar-refractivity contribution in [3.05, 3.63) is 21.9 Å². The number of halogens is 3. The molecule has 0 spiro atoms. The molecule has 0 N–H and O–H groups in total. The van der Waals surface area contributed by atoms with Crippen LogP contribution in [0.1, 0.15) is 55.1 Å². The second-order valence-electron chi connectivity index (χ2n) is 4.88. The van der Waals surface area contributed by atoms with E-state index in [9.17, 15) is 8.78 Å². The van der Waals surface area contributed by atoms with Crippen molar-refractivity contribution < 1.29 is 8.78 Å². The third-order valence-corrected chi connectivity index (χ3v) is 5.06. The summed E-state index contributed by atoms with van der Waals surface area (Å²) in [6.07, 6.45) is 3.42. The molecule has 0 aromatic carbocycles. The summed E-state index contributed by atoms with van der Waals surface area (Å²) in [6, 6.07) is 1.98. The van der Waals surface area contributed by atoms with Crippen LogP contribution in [0, 0.1) is 0 Å². The Morgan fingerprint density at radius 3 is 2.63 bits per heavy atom. The number of rotatable bonds is 2. The van der Waals surface area contributed by atoms with Crippen LogP contribution in [0.4, 0.5) is 8.78 Å². The first kappa shape index (κ1) is 13.2. The summed E-state index contributed by atoms with van der Waals surface area (Å²) >= 11 is 7.46. The molecular weight excluding hydrogens is 290 g/mol. The van der Waals surface area contributed by atoms with E-state index in [2.05, 4.69) is 9.97 Å². The van der Waals surface area contributed by atoms with Gasteiger partial charge in [0.05, 0.1) is 0 Å². The van der Waals surface area contributed by atoms with Gasteiger partial charge in [0.15, 0.2) is 5.82 Å². The molecule has 0 bridgehead atoms. The van der Waals surface area contributed by atoms with Crippen molar-refractivity contribution in [2.45, 2.75) is 44.4 Å². The summed E-state index contributed by atoms with van der Waals surface area (Å²) in [6.45, 7) is 0. The zero-order valence-electron chi connectivity index (χ0n) is 10.2. The van der Waals surface area contributed by atoms with Gasteiger partial charge in [-0.05, 0) is 24.8 Å². The van der Waals surface area contributed by atoms with Crippen LogP contribution in [0.3, 0.4) is 0 Å². The van der Waals surface area contributed by atoms with Crippen LogP contribution in [0.5, 0.6) is 0 Å². The molecule has 0 aliphatic heterocycles. The fraction of sp³-hybridized carbons (Fsp3) is 0.538.